The molecule has 1 aliphatic carbocycles. The van der Waals surface area contributed by atoms with Gasteiger partial charge in [-0.05, 0) is 201 Å². The first kappa shape index (κ1) is 65.7. The van der Waals surface area contributed by atoms with Crippen LogP contribution < -0.4 is 9.80 Å². The molecule has 0 saturated heterocycles. The maximum absolute atomic E-state index is 5.30. The fraction of sp³-hybridized carbons (Fsp3) is 0.0280. The van der Waals surface area contributed by atoms with Crippen molar-refractivity contribution in [2.45, 2.75) is 19.3 Å². The van der Waals surface area contributed by atoms with Crippen molar-refractivity contribution >= 4 is 132 Å². The quantitative estimate of drug-likeness (QED) is 0.122. The molecule has 24 rings (SSSR count). The predicted molar refractivity (Wildman–Crippen MR) is 480 cm³/mol. The van der Waals surface area contributed by atoms with E-state index >= 15 is 0 Å². The zero-order valence-electron chi connectivity index (χ0n) is 63.2. The molecule has 0 unspecified atom stereocenters. The van der Waals surface area contributed by atoms with Crippen LogP contribution in [-0.4, -0.2) is 27.9 Å². The van der Waals surface area contributed by atoms with Gasteiger partial charge in [0, 0.05) is 94.4 Å². The van der Waals surface area contributed by atoms with E-state index in [0.717, 1.165) is 101 Å². The molecule has 0 atom stereocenters. The van der Waals surface area contributed by atoms with Gasteiger partial charge in [-0.1, -0.05) is 269 Å². The molecule has 6 aromatic heterocycles. The monoisotopic (exact) mass is 1470 g/mol. The number of rotatable bonds is 12. The number of benzene rings is 17. The third-order valence-electron chi connectivity index (χ3n) is 24.1. The van der Waals surface area contributed by atoms with Gasteiger partial charge in [-0.2, -0.15) is 0 Å². The standard InChI is InChI=1S/C58H40N4.C49H32N4/c1-58(2)48-21-11-9-18-44(48)45-33-32-43(36-49(45)58)60(40-16-7-4-8-17-40)41-28-24-37(25-29-41)38-26-30-42(31-27-38)61-52-23-13-20-47-46-19-10-12-22-51(46)62-56-50(34-35-53(61)55(56)54(47)52)59-57(62)39-14-5-3-6-15-39;1-4-13-35(14-5-1)49-50-42-31-32-45-47-46-41(40-19-10-11-21-43(40)53(49)48(42)47)20-12-22-44(46)52(45)39-29-25-34(26-30-39)33-23-27-38(28-24-33)51(36-15-6-2-7-16-36)37-17-8-3-9-18-37/h3-36H,1-2H3;1-32H. The van der Waals surface area contributed by atoms with Crippen LogP contribution in [0.15, 0.2) is 400 Å². The summed E-state index contributed by atoms with van der Waals surface area (Å²) < 4.78 is 9.63. The summed E-state index contributed by atoms with van der Waals surface area (Å²) in [6, 6.07) is 145. The lowest BCUT2D eigenvalue weighted by molar-refractivity contribution is 0.660. The molecule has 0 fully saturated rings. The van der Waals surface area contributed by atoms with Crippen LogP contribution in [0.25, 0.3) is 166 Å². The average molecular weight is 1470 g/mol. The van der Waals surface area contributed by atoms with Crippen LogP contribution in [0, 0.1) is 0 Å². The van der Waals surface area contributed by atoms with Crippen LogP contribution >= 0.6 is 0 Å². The lowest BCUT2D eigenvalue weighted by Gasteiger charge is -2.28. The molecule has 8 nitrogen and oxygen atoms in total. The molecule has 8 heteroatoms. The van der Waals surface area contributed by atoms with Gasteiger partial charge < -0.3 is 18.9 Å². The highest BCUT2D eigenvalue weighted by Gasteiger charge is 2.36. The topological polar surface area (TPSA) is 50.9 Å². The number of aromatic nitrogens is 6. The Balaban J connectivity index is 0.000000138. The van der Waals surface area contributed by atoms with E-state index in [1.807, 2.05) is 0 Å². The lowest BCUT2D eigenvalue weighted by Crippen LogP contribution is -2.16. The first-order valence-corrected chi connectivity index (χ1v) is 39.5. The second-order valence-corrected chi connectivity index (χ2v) is 30.8. The molecular weight excluding hydrogens is 1400 g/mol. The molecule has 0 aliphatic heterocycles. The molecule has 17 aromatic carbocycles. The van der Waals surface area contributed by atoms with Crippen molar-refractivity contribution in [1.82, 2.24) is 27.9 Å². The third-order valence-corrected chi connectivity index (χ3v) is 24.1. The van der Waals surface area contributed by atoms with Gasteiger partial charge in [0.1, 0.15) is 11.6 Å². The lowest BCUT2D eigenvalue weighted by atomic mass is 9.82. The highest BCUT2D eigenvalue weighted by Crippen LogP contribution is 2.52. The minimum absolute atomic E-state index is 0.0799. The second-order valence-electron chi connectivity index (χ2n) is 30.8. The number of nitrogens with zero attached hydrogens (tertiary/aromatic N) is 8. The highest BCUT2D eigenvalue weighted by atomic mass is 15.2. The van der Waals surface area contributed by atoms with Crippen LogP contribution in [-0.2, 0) is 5.41 Å². The molecule has 0 spiro atoms. The number of anilines is 6. The van der Waals surface area contributed by atoms with Crippen molar-refractivity contribution < 1.29 is 0 Å². The van der Waals surface area contributed by atoms with Crippen molar-refractivity contribution in [2.75, 3.05) is 9.80 Å². The summed E-state index contributed by atoms with van der Waals surface area (Å²) >= 11 is 0. The van der Waals surface area contributed by atoms with Crippen LogP contribution in [0.1, 0.15) is 25.0 Å². The van der Waals surface area contributed by atoms with Gasteiger partial charge in [-0.15, -0.1) is 0 Å². The van der Waals surface area contributed by atoms with Crippen LogP contribution in [0.3, 0.4) is 0 Å². The van der Waals surface area contributed by atoms with Crippen molar-refractivity contribution in [3.63, 3.8) is 0 Å². The van der Waals surface area contributed by atoms with Gasteiger partial charge in [0.05, 0.1) is 55.2 Å². The fourth-order valence-electron chi connectivity index (χ4n) is 18.9. The minimum Gasteiger partial charge on any atom is -0.311 e. The normalized spacial score (nSPS) is 12.5. The maximum Gasteiger partial charge on any atom is 0.145 e. The number of hydrogen-bond acceptors (Lipinski definition) is 4. The van der Waals surface area contributed by atoms with E-state index < -0.39 is 0 Å². The highest BCUT2D eigenvalue weighted by molar-refractivity contribution is 6.32. The van der Waals surface area contributed by atoms with E-state index in [1.54, 1.807) is 0 Å². The van der Waals surface area contributed by atoms with E-state index in [2.05, 4.69) is 442 Å². The molecule has 1 aliphatic rings. The van der Waals surface area contributed by atoms with E-state index in [4.69, 9.17) is 9.97 Å². The summed E-state index contributed by atoms with van der Waals surface area (Å²) in [6.45, 7) is 4.69. The Bertz CT molecular complexity index is 7640. The summed E-state index contributed by atoms with van der Waals surface area (Å²) in [4.78, 5) is 15.2. The second kappa shape index (κ2) is 26.0. The summed E-state index contributed by atoms with van der Waals surface area (Å²) in [6.07, 6.45) is 0. The van der Waals surface area contributed by atoms with Gasteiger partial charge in [-0.3, -0.25) is 8.80 Å². The van der Waals surface area contributed by atoms with E-state index in [0.29, 0.717) is 0 Å². The van der Waals surface area contributed by atoms with Gasteiger partial charge in [0.25, 0.3) is 0 Å². The van der Waals surface area contributed by atoms with Crippen LogP contribution in [0.5, 0.6) is 0 Å². The molecular formula is C107H72N8. The zero-order valence-corrected chi connectivity index (χ0v) is 63.2. The summed E-state index contributed by atoms with van der Waals surface area (Å²) in [5.41, 5.74) is 32.6. The third kappa shape index (κ3) is 10.3. The molecule has 0 saturated carbocycles. The molecule has 0 amide bonds. The van der Waals surface area contributed by atoms with Crippen molar-refractivity contribution in [3.8, 4) is 67.5 Å². The predicted octanol–water partition coefficient (Wildman–Crippen LogP) is 28.3. The molecule has 23 aromatic rings. The first-order valence-electron chi connectivity index (χ1n) is 39.5. The molecule has 115 heavy (non-hydrogen) atoms. The van der Waals surface area contributed by atoms with E-state index in [-0.39, 0.29) is 5.41 Å². The Morgan fingerprint density at radius 3 is 1.01 bits per heavy atom. The number of fused-ring (bicyclic) bond motifs is 9. The molecule has 0 radical (unpaired) electrons. The SMILES string of the molecule is CC1(C)c2ccccc2-c2ccc(N(c3ccccc3)c3ccc(-c4ccc(-n5c6cccc7c8ccccc8n8c(-c9ccccc9)nc9ccc5c(c76)c98)cc4)cc3)cc21.c1ccc(-c2nc3ccc4c5c6c(cccc6n4-c4ccc(-c6ccc(N(c7ccccc7)c7ccccc7)cc6)cc4)c4ccccc4n2c35)cc1. The average Bonchev–Trinajstić information content (AvgIpc) is 1.53. The van der Waals surface area contributed by atoms with Crippen LogP contribution in [0.2, 0.25) is 0 Å². The number of imidazole rings is 2. The Labute approximate surface area is 664 Å². The van der Waals surface area contributed by atoms with Gasteiger partial charge in [-0.25, -0.2) is 9.97 Å². The molecule has 0 bridgehead atoms. The maximum atomic E-state index is 5.30. The van der Waals surface area contributed by atoms with Gasteiger partial charge >= 0.3 is 0 Å². The van der Waals surface area contributed by atoms with Crippen molar-refractivity contribution in [3.05, 3.63) is 412 Å². The van der Waals surface area contributed by atoms with Crippen molar-refractivity contribution in [2.24, 2.45) is 0 Å². The Morgan fingerprint density at radius 1 is 0.235 bits per heavy atom. The first-order chi connectivity index (χ1) is 56.8. The van der Waals surface area contributed by atoms with E-state index in [1.165, 1.54) is 110 Å². The molecule has 0 N–H and O–H groups in total. The van der Waals surface area contributed by atoms with Gasteiger partial charge in [0.2, 0.25) is 0 Å². The largest absolute Gasteiger partial charge is 0.311 e. The fourth-order valence-corrected chi connectivity index (χ4v) is 18.9. The van der Waals surface area contributed by atoms with Crippen molar-refractivity contribution in [1.29, 1.82) is 0 Å². The Kier molecular flexibility index (Phi) is 14.9. The summed E-state index contributed by atoms with van der Waals surface area (Å²) in [5, 5.41) is 9.90. The minimum atomic E-state index is -0.0799. The van der Waals surface area contributed by atoms with E-state index in [9.17, 15) is 0 Å². The molecule has 6 heterocycles. The molecule has 540 valence electrons. The summed E-state index contributed by atoms with van der Waals surface area (Å²) in [7, 11) is 0. The Morgan fingerprint density at radius 2 is 0.565 bits per heavy atom. The zero-order chi connectivity index (χ0) is 76.0. The smallest absolute Gasteiger partial charge is 0.145 e. The van der Waals surface area contributed by atoms with Gasteiger partial charge in [0.15, 0.2) is 0 Å². The Hall–Kier alpha value is -15.1. The number of para-hydroxylation sites is 5. The van der Waals surface area contributed by atoms with Crippen LogP contribution in [0.4, 0.5) is 34.1 Å². The summed E-state index contributed by atoms with van der Waals surface area (Å²) in [5.74, 6) is 1.92. The number of hydrogen-bond donors (Lipinski definition) is 0.